The average Bonchev–Trinajstić information content (AvgIpc) is 3.09. The lowest BCUT2D eigenvalue weighted by molar-refractivity contribution is -0.149. The van der Waals surface area contributed by atoms with Gasteiger partial charge < -0.3 is 10.4 Å². The van der Waals surface area contributed by atoms with E-state index in [4.69, 9.17) is 5.11 Å². The van der Waals surface area contributed by atoms with Gasteiger partial charge in [0.15, 0.2) is 0 Å². The summed E-state index contributed by atoms with van der Waals surface area (Å²) in [6, 6.07) is 3.72. The fourth-order valence-corrected chi connectivity index (χ4v) is 1.62. The largest absolute Gasteiger partial charge is 0.480 e. The van der Waals surface area contributed by atoms with E-state index in [2.05, 4.69) is 10.3 Å². The maximum atomic E-state index is 11.7. The van der Waals surface area contributed by atoms with Crippen molar-refractivity contribution in [2.75, 3.05) is 0 Å². The van der Waals surface area contributed by atoms with Gasteiger partial charge in [0.25, 0.3) is 0 Å². The molecule has 0 aliphatic heterocycles. The third-order valence-corrected chi connectivity index (χ3v) is 3.02. The molecule has 0 bridgehead atoms. The van der Waals surface area contributed by atoms with E-state index in [0.717, 1.165) is 11.3 Å². The lowest BCUT2D eigenvalue weighted by Gasteiger charge is -2.10. The first-order chi connectivity index (χ1) is 8.04. The second kappa shape index (κ2) is 4.16. The highest BCUT2D eigenvalue weighted by molar-refractivity contribution is 6.04. The molecule has 5 nitrogen and oxygen atoms in total. The van der Waals surface area contributed by atoms with Gasteiger partial charge in [-0.3, -0.25) is 14.6 Å². The Kier molecular flexibility index (Phi) is 2.83. The van der Waals surface area contributed by atoms with E-state index in [1.54, 1.807) is 6.20 Å². The highest BCUT2D eigenvalue weighted by Gasteiger charge is 2.56. The highest BCUT2D eigenvalue weighted by atomic mass is 16.4. The van der Waals surface area contributed by atoms with Crippen LogP contribution >= 0.6 is 0 Å². The number of amides is 1. The molecule has 0 saturated heterocycles. The number of hydrogen-bond donors (Lipinski definition) is 2. The Morgan fingerprint density at radius 2 is 2.18 bits per heavy atom. The van der Waals surface area contributed by atoms with Crippen LogP contribution in [0.2, 0.25) is 0 Å². The van der Waals surface area contributed by atoms with Gasteiger partial charge in [-0.05, 0) is 31.4 Å². The third-order valence-electron chi connectivity index (χ3n) is 3.02. The predicted molar refractivity (Wildman–Crippen MR) is 60.1 cm³/mol. The van der Waals surface area contributed by atoms with Crippen molar-refractivity contribution in [2.45, 2.75) is 26.3 Å². The van der Waals surface area contributed by atoms with E-state index in [9.17, 15) is 9.59 Å². The number of aliphatic carboxylic acids is 1. The van der Waals surface area contributed by atoms with E-state index in [-0.39, 0.29) is 0 Å². The minimum Gasteiger partial charge on any atom is -0.480 e. The first kappa shape index (κ1) is 11.6. The van der Waals surface area contributed by atoms with Gasteiger partial charge in [-0.25, -0.2) is 0 Å². The van der Waals surface area contributed by atoms with Crippen molar-refractivity contribution >= 4 is 11.9 Å². The van der Waals surface area contributed by atoms with Crippen LogP contribution in [0.5, 0.6) is 0 Å². The minimum absolute atomic E-state index is 0.321. The van der Waals surface area contributed by atoms with Gasteiger partial charge in [0.1, 0.15) is 5.41 Å². The Hall–Kier alpha value is -1.91. The van der Waals surface area contributed by atoms with Gasteiger partial charge in [-0.2, -0.15) is 0 Å². The number of carboxylic acids is 1. The summed E-state index contributed by atoms with van der Waals surface area (Å²) in [5.41, 5.74) is 0.604. The van der Waals surface area contributed by atoms with Gasteiger partial charge >= 0.3 is 5.97 Å². The molecule has 0 spiro atoms. The Morgan fingerprint density at radius 1 is 1.47 bits per heavy atom. The van der Waals surface area contributed by atoms with Gasteiger partial charge in [-0.1, -0.05) is 6.07 Å². The fraction of sp³-hybridized carbons (Fsp3) is 0.417. The van der Waals surface area contributed by atoms with Crippen molar-refractivity contribution in [3.63, 3.8) is 0 Å². The Bertz CT molecular complexity index is 449. The maximum Gasteiger partial charge on any atom is 0.319 e. The molecule has 1 heterocycles. The minimum atomic E-state index is -1.17. The molecule has 1 aromatic rings. The SMILES string of the molecule is Cc1ccc(CNC(=O)C2(C(=O)O)CC2)cn1. The van der Waals surface area contributed by atoms with Crippen molar-refractivity contribution in [2.24, 2.45) is 5.41 Å². The molecule has 1 saturated carbocycles. The van der Waals surface area contributed by atoms with Gasteiger partial charge in [0.2, 0.25) is 5.91 Å². The Balaban J connectivity index is 1.93. The van der Waals surface area contributed by atoms with E-state index in [0.29, 0.717) is 19.4 Å². The second-order valence-corrected chi connectivity index (χ2v) is 4.38. The number of nitrogens with one attached hydrogen (secondary N) is 1. The van der Waals surface area contributed by atoms with Crippen LogP contribution in [-0.2, 0) is 16.1 Å². The number of carbonyl (C=O) groups excluding carboxylic acids is 1. The molecule has 0 atom stereocenters. The van der Waals surface area contributed by atoms with Crippen LogP contribution in [0.15, 0.2) is 18.3 Å². The zero-order chi connectivity index (χ0) is 12.5. The van der Waals surface area contributed by atoms with E-state index >= 15 is 0 Å². The lowest BCUT2D eigenvalue weighted by Crippen LogP contribution is -2.36. The van der Waals surface area contributed by atoms with Crippen LogP contribution in [-0.4, -0.2) is 22.0 Å². The molecule has 0 unspecified atom stereocenters. The van der Waals surface area contributed by atoms with E-state index in [1.807, 2.05) is 19.1 Å². The second-order valence-electron chi connectivity index (χ2n) is 4.38. The molecule has 0 radical (unpaired) electrons. The predicted octanol–water partition coefficient (Wildman–Crippen LogP) is 0.871. The van der Waals surface area contributed by atoms with Crippen molar-refractivity contribution in [3.05, 3.63) is 29.6 Å². The summed E-state index contributed by atoms with van der Waals surface area (Å²) in [5.74, 6) is -1.43. The topological polar surface area (TPSA) is 79.3 Å². The molecular formula is C12H14N2O3. The van der Waals surface area contributed by atoms with Crippen LogP contribution in [0.1, 0.15) is 24.1 Å². The number of aromatic nitrogens is 1. The number of pyridine rings is 1. The van der Waals surface area contributed by atoms with Gasteiger partial charge in [-0.15, -0.1) is 0 Å². The molecule has 1 amide bonds. The number of carbonyl (C=O) groups is 2. The number of aryl methyl sites for hydroxylation is 1. The summed E-state index contributed by atoms with van der Waals surface area (Å²) >= 11 is 0. The maximum absolute atomic E-state index is 11.7. The average molecular weight is 234 g/mol. The van der Waals surface area contributed by atoms with Crippen LogP contribution in [0.4, 0.5) is 0 Å². The highest BCUT2D eigenvalue weighted by Crippen LogP contribution is 2.46. The van der Waals surface area contributed by atoms with Crippen molar-refractivity contribution in [3.8, 4) is 0 Å². The monoisotopic (exact) mass is 234 g/mol. The van der Waals surface area contributed by atoms with Gasteiger partial charge in [0, 0.05) is 18.4 Å². The quantitative estimate of drug-likeness (QED) is 0.758. The van der Waals surface area contributed by atoms with Crippen LogP contribution in [0.3, 0.4) is 0 Å². The van der Waals surface area contributed by atoms with Crippen LogP contribution in [0.25, 0.3) is 0 Å². The first-order valence-corrected chi connectivity index (χ1v) is 5.48. The van der Waals surface area contributed by atoms with Gasteiger partial charge in [0.05, 0.1) is 0 Å². The molecule has 1 aliphatic rings. The number of carboxylic acid groups (broad SMARTS) is 1. The number of rotatable bonds is 4. The van der Waals surface area contributed by atoms with E-state index in [1.165, 1.54) is 0 Å². The Labute approximate surface area is 98.9 Å². The molecule has 1 aromatic heterocycles. The van der Waals surface area contributed by atoms with Crippen LogP contribution < -0.4 is 5.32 Å². The molecule has 1 fully saturated rings. The summed E-state index contributed by atoms with van der Waals surface area (Å²) in [6.07, 6.45) is 2.54. The molecule has 1 aliphatic carbocycles. The molecule has 5 heteroatoms. The van der Waals surface area contributed by atoms with Crippen molar-refractivity contribution in [1.29, 1.82) is 0 Å². The first-order valence-electron chi connectivity index (χ1n) is 5.48. The number of nitrogens with zero attached hydrogens (tertiary/aromatic N) is 1. The Morgan fingerprint density at radius 3 is 2.65 bits per heavy atom. The molecule has 2 N–H and O–H groups in total. The lowest BCUT2D eigenvalue weighted by atomic mass is 10.1. The summed E-state index contributed by atoms with van der Waals surface area (Å²) in [7, 11) is 0. The standard InChI is InChI=1S/C12H14N2O3/c1-8-2-3-9(6-13-8)7-14-10(15)12(4-5-12)11(16)17/h2-3,6H,4-5,7H2,1H3,(H,14,15)(H,16,17). The third kappa shape index (κ3) is 2.27. The van der Waals surface area contributed by atoms with Crippen molar-refractivity contribution in [1.82, 2.24) is 10.3 Å². The number of hydrogen-bond acceptors (Lipinski definition) is 3. The summed E-state index contributed by atoms with van der Waals surface area (Å²) < 4.78 is 0. The molecule has 2 rings (SSSR count). The molecular weight excluding hydrogens is 220 g/mol. The fourth-order valence-electron chi connectivity index (χ4n) is 1.62. The normalized spacial score (nSPS) is 16.3. The zero-order valence-corrected chi connectivity index (χ0v) is 9.56. The summed E-state index contributed by atoms with van der Waals surface area (Å²) in [4.78, 5) is 26.7. The van der Waals surface area contributed by atoms with E-state index < -0.39 is 17.3 Å². The molecule has 0 aromatic carbocycles. The molecule has 17 heavy (non-hydrogen) atoms. The van der Waals surface area contributed by atoms with Crippen molar-refractivity contribution < 1.29 is 14.7 Å². The van der Waals surface area contributed by atoms with Crippen LogP contribution in [0, 0.1) is 12.3 Å². The summed E-state index contributed by atoms with van der Waals surface area (Å²) in [5, 5.41) is 11.6. The summed E-state index contributed by atoms with van der Waals surface area (Å²) in [6.45, 7) is 2.20. The zero-order valence-electron chi connectivity index (χ0n) is 9.56. The molecule has 90 valence electrons. The smallest absolute Gasteiger partial charge is 0.319 e.